The van der Waals surface area contributed by atoms with Crippen molar-refractivity contribution in [1.82, 2.24) is 0 Å². The minimum Gasteiger partial charge on any atom is -0.494 e. The highest BCUT2D eigenvalue weighted by Crippen LogP contribution is 2.41. The van der Waals surface area contributed by atoms with Gasteiger partial charge in [0.1, 0.15) is 28.8 Å². The van der Waals surface area contributed by atoms with Crippen molar-refractivity contribution in [2.45, 2.75) is 6.92 Å². The van der Waals surface area contributed by atoms with Crippen molar-refractivity contribution in [2.75, 3.05) is 16.4 Å². The molecule has 0 atom stereocenters. The molecule has 0 bridgehead atoms. The number of fused-ring (bicyclic) bond motifs is 3. The van der Waals surface area contributed by atoms with Crippen molar-refractivity contribution in [2.24, 2.45) is 0 Å². The van der Waals surface area contributed by atoms with Gasteiger partial charge in [-0.25, -0.2) is 0 Å². The quantitative estimate of drug-likeness (QED) is 0.157. The van der Waals surface area contributed by atoms with Crippen LogP contribution in [-0.4, -0.2) is 6.61 Å². The zero-order chi connectivity index (χ0) is 30.6. The molecule has 0 aliphatic carbocycles. The molecule has 7 aromatic rings. The number of nitrogens with zero attached hydrogens (tertiary/aromatic N) is 2. The van der Waals surface area contributed by atoms with Crippen LogP contribution in [0.2, 0.25) is 0 Å². The number of furan rings is 1. The lowest BCUT2D eigenvalue weighted by molar-refractivity contribution is 0.340. The third-order valence-electron chi connectivity index (χ3n) is 7.66. The number of hydrogen-bond acceptors (Lipinski definition) is 5. The van der Waals surface area contributed by atoms with Crippen LogP contribution in [0, 0.1) is 12.5 Å². The van der Waals surface area contributed by atoms with E-state index >= 15 is 0 Å². The Morgan fingerprint density at radius 3 is 1.40 bits per heavy atom. The number of hydrogen-bond donors (Lipinski definition) is 0. The standard InChI is InChI=1S/C40H30N2O3/c1-3-43-35-21-15-31(16-22-35)41(29-11-7-5-8-12-29)33-19-25-37-38-26-20-34(28-40(38)45-39(37)27-33)42(30-13-9-6-10-14-30)32-17-23-36(24-18-32)44-4-2/h1,5-28H,4H2,2H3. The number of anilines is 6. The molecule has 0 saturated heterocycles. The Kier molecular flexibility index (Phi) is 7.53. The maximum absolute atomic E-state index is 6.56. The van der Waals surface area contributed by atoms with Gasteiger partial charge in [0.25, 0.3) is 0 Å². The summed E-state index contributed by atoms with van der Waals surface area (Å²) >= 11 is 0. The van der Waals surface area contributed by atoms with Gasteiger partial charge in [0.2, 0.25) is 0 Å². The van der Waals surface area contributed by atoms with E-state index in [0.717, 1.165) is 61.8 Å². The van der Waals surface area contributed by atoms with E-state index in [1.54, 1.807) is 0 Å². The SMILES string of the molecule is C#COc1ccc(N(c2ccccc2)c2ccc3c(c2)oc2cc(N(c4ccccc4)c4ccc(OCC)cc4)ccc23)cc1. The highest BCUT2D eigenvalue weighted by Gasteiger charge is 2.18. The van der Waals surface area contributed by atoms with Gasteiger partial charge in [-0.05, 0) is 104 Å². The molecule has 1 aromatic heterocycles. The van der Waals surface area contributed by atoms with E-state index in [-0.39, 0.29) is 0 Å². The molecule has 0 radical (unpaired) electrons. The van der Waals surface area contributed by atoms with Crippen molar-refractivity contribution in [3.63, 3.8) is 0 Å². The first-order chi connectivity index (χ1) is 22.2. The van der Waals surface area contributed by atoms with Crippen LogP contribution in [0.25, 0.3) is 21.9 Å². The lowest BCUT2D eigenvalue weighted by Gasteiger charge is -2.25. The summed E-state index contributed by atoms with van der Waals surface area (Å²) in [5.41, 5.74) is 7.66. The second kappa shape index (κ2) is 12.2. The molecule has 0 N–H and O–H groups in total. The minimum absolute atomic E-state index is 0.618. The van der Waals surface area contributed by atoms with Crippen molar-refractivity contribution >= 4 is 56.1 Å². The number of benzene rings is 6. The summed E-state index contributed by atoms with van der Waals surface area (Å²) in [6.45, 7) is 2.62. The minimum atomic E-state index is 0.618. The summed E-state index contributed by atoms with van der Waals surface area (Å²) in [5.74, 6) is 1.46. The van der Waals surface area contributed by atoms with Gasteiger partial charge >= 0.3 is 0 Å². The van der Waals surface area contributed by atoms with E-state index in [2.05, 4.69) is 88.7 Å². The Morgan fingerprint density at radius 2 is 0.956 bits per heavy atom. The zero-order valence-electron chi connectivity index (χ0n) is 24.8. The second-order valence-corrected chi connectivity index (χ2v) is 10.4. The summed E-state index contributed by atoms with van der Waals surface area (Å²) in [5, 5.41) is 2.11. The Morgan fingerprint density at radius 1 is 0.533 bits per heavy atom. The zero-order valence-corrected chi connectivity index (χ0v) is 24.8. The molecule has 0 amide bonds. The summed E-state index contributed by atoms with van der Waals surface area (Å²) in [6, 6.07) is 49.2. The second-order valence-electron chi connectivity index (χ2n) is 10.4. The molecular weight excluding hydrogens is 556 g/mol. The molecule has 5 heteroatoms. The van der Waals surface area contributed by atoms with Crippen LogP contribution >= 0.6 is 0 Å². The highest BCUT2D eigenvalue weighted by molar-refractivity contribution is 6.07. The molecule has 5 nitrogen and oxygen atoms in total. The van der Waals surface area contributed by atoms with Gasteiger partial charge in [-0.2, -0.15) is 0 Å². The normalized spacial score (nSPS) is 10.8. The topological polar surface area (TPSA) is 38.1 Å². The Hall–Kier alpha value is -6.12. The fourth-order valence-corrected chi connectivity index (χ4v) is 5.67. The molecule has 7 rings (SSSR count). The fraction of sp³-hybridized carbons (Fsp3) is 0.0500. The average Bonchev–Trinajstić information content (AvgIpc) is 3.45. The first-order valence-electron chi connectivity index (χ1n) is 14.8. The molecule has 0 unspecified atom stereocenters. The molecule has 0 fully saturated rings. The Balaban J connectivity index is 1.31. The van der Waals surface area contributed by atoms with Gasteiger partial charge in [-0.3, -0.25) is 0 Å². The van der Waals surface area contributed by atoms with Gasteiger partial charge in [-0.1, -0.05) is 42.8 Å². The van der Waals surface area contributed by atoms with Gasteiger partial charge < -0.3 is 23.7 Å². The van der Waals surface area contributed by atoms with Gasteiger partial charge in [0.15, 0.2) is 0 Å². The molecule has 0 saturated carbocycles. The average molecular weight is 587 g/mol. The third kappa shape index (κ3) is 5.53. The summed E-state index contributed by atoms with van der Waals surface area (Å²) < 4.78 is 17.5. The molecule has 45 heavy (non-hydrogen) atoms. The molecule has 6 aromatic carbocycles. The Labute approximate surface area is 262 Å². The molecule has 218 valence electrons. The first-order valence-corrected chi connectivity index (χ1v) is 14.8. The maximum Gasteiger partial charge on any atom is 0.140 e. The van der Waals surface area contributed by atoms with Crippen LogP contribution in [0.1, 0.15) is 6.92 Å². The number of terminal acetylenes is 1. The largest absolute Gasteiger partial charge is 0.494 e. The molecule has 0 aliphatic rings. The number of ether oxygens (including phenoxy) is 2. The van der Waals surface area contributed by atoms with Crippen LogP contribution in [0.15, 0.2) is 150 Å². The van der Waals surface area contributed by atoms with Crippen molar-refractivity contribution in [3.05, 3.63) is 146 Å². The van der Waals surface area contributed by atoms with Gasteiger partial charge in [0, 0.05) is 57.0 Å². The van der Waals surface area contributed by atoms with E-state index in [0.29, 0.717) is 12.4 Å². The lowest BCUT2D eigenvalue weighted by Crippen LogP contribution is -2.09. The molecule has 0 aliphatic heterocycles. The highest BCUT2D eigenvalue weighted by atomic mass is 16.5. The number of rotatable bonds is 9. The predicted octanol–water partition coefficient (Wildman–Crippen LogP) is 10.9. The van der Waals surface area contributed by atoms with E-state index in [1.165, 1.54) is 0 Å². The van der Waals surface area contributed by atoms with E-state index in [9.17, 15) is 0 Å². The lowest BCUT2D eigenvalue weighted by atomic mass is 10.1. The molecule has 1 heterocycles. The van der Waals surface area contributed by atoms with Crippen molar-refractivity contribution in [3.8, 4) is 24.0 Å². The van der Waals surface area contributed by atoms with Crippen LogP contribution < -0.4 is 19.3 Å². The summed E-state index contributed by atoms with van der Waals surface area (Å²) in [7, 11) is 0. The summed E-state index contributed by atoms with van der Waals surface area (Å²) in [4.78, 5) is 4.40. The van der Waals surface area contributed by atoms with Crippen molar-refractivity contribution < 1.29 is 13.9 Å². The van der Waals surface area contributed by atoms with Gasteiger partial charge in [0.05, 0.1) is 6.61 Å². The van der Waals surface area contributed by atoms with Gasteiger partial charge in [-0.15, -0.1) is 0 Å². The fourth-order valence-electron chi connectivity index (χ4n) is 5.67. The van der Waals surface area contributed by atoms with Crippen LogP contribution in [0.4, 0.5) is 34.1 Å². The van der Waals surface area contributed by atoms with Crippen molar-refractivity contribution in [1.29, 1.82) is 0 Å². The van der Waals surface area contributed by atoms with Crippen LogP contribution in [0.5, 0.6) is 11.5 Å². The smallest absolute Gasteiger partial charge is 0.140 e. The molecular formula is C40H30N2O3. The predicted molar refractivity (Wildman–Crippen MR) is 184 cm³/mol. The third-order valence-corrected chi connectivity index (χ3v) is 7.66. The molecule has 0 spiro atoms. The van der Waals surface area contributed by atoms with Crippen LogP contribution in [-0.2, 0) is 0 Å². The number of para-hydroxylation sites is 2. The summed E-state index contributed by atoms with van der Waals surface area (Å²) in [6.07, 6.45) is 7.56. The maximum atomic E-state index is 6.56. The van der Waals surface area contributed by atoms with E-state index in [1.807, 2.05) is 79.7 Å². The Bertz CT molecular complexity index is 2100. The van der Waals surface area contributed by atoms with E-state index in [4.69, 9.17) is 20.3 Å². The van der Waals surface area contributed by atoms with Crippen LogP contribution in [0.3, 0.4) is 0 Å². The monoisotopic (exact) mass is 586 g/mol. The van der Waals surface area contributed by atoms with E-state index < -0.39 is 0 Å². The first kappa shape index (κ1) is 27.7.